The minimum atomic E-state index is -1.14. The summed E-state index contributed by atoms with van der Waals surface area (Å²) < 4.78 is 16.4. The average Bonchev–Trinajstić information content (AvgIpc) is 2.71. The summed E-state index contributed by atoms with van der Waals surface area (Å²) >= 11 is 0. The Kier molecular flexibility index (Phi) is 11.8. The first kappa shape index (κ1) is 32.9. The van der Waals surface area contributed by atoms with E-state index in [9.17, 15) is 19.2 Å². The van der Waals surface area contributed by atoms with E-state index in [0.717, 1.165) is 5.56 Å². The lowest BCUT2D eigenvalue weighted by molar-refractivity contribution is -0.163. The number of aryl methyl sites for hydroxylation is 1. The van der Waals surface area contributed by atoms with Crippen LogP contribution in [0.5, 0.6) is 0 Å². The van der Waals surface area contributed by atoms with Crippen molar-refractivity contribution in [2.24, 2.45) is 5.92 Å². The second-order valence-corrected chi connectivity index (χ2v) is 12.5. The van der Waals surface area contributed by atoms with Gasteiger partial charge in [0.15, 0.2) is 0 Å². The summed E-state index contributed by atoms with van der Waals surface area (Å²) in [5, 5.41) is 5.43. The topological polar surface area (TPSA) is 120 Å². The number of carbonyl (C=O) groups is 4. The Balaban J connectivity index is 3.01. The molecule has 2 N–H and O–H groups in total. The Morgan fingerprint density at radius 2 is 1.37 bits per heavy atom. The smallest absolute Gasteiger partial charge is 0.408 e. The molecule has 1 rings (SSSR count). The molecule has 0 fully saturated rings. The van der Waals surface area contributed by atoms with Gasteiger partial charge >= 0.3 is 18.0 Å². The zero-order chi connectivity index (χ0) is 29.3. The van der Waals surface area contributed by atoms with Crippen molar-refractivity contribution in [3.63, 3.8) is 0 Å². The molecule has 0 saturated heterocycles. The molecule has 1 aromatic carbocycles. The number of hydrogen-bond donors (Lipinski definition) is 2. The number of alkyl carbamates (subject to hydrolysis) is 1. The van der Waals surface area contributed by atoms with Crippen molar-refractivity contribution in [2.75, 3.05) is 6.54 Å². The minimum Gasteiger partial charge on any atom is -0.460 e. The van der Waals surface area contributed by atoms with Crippen LogP contribution in [0.4, 0.5) is 4.79 Å². The highest BCUT2D eigenvalue weighted by Gasteiger charge is 2.34. The lowest BCUT2D eigenvalue weighted by Gasteiger charge is -2.29. The molecule has 0 aromatic heterocycles. The summed E-state index contributed by atoms with van der Waals surface area (Å²) in [4.78, 5) is 51.1. The van der Waals surface area contributed by atoms with Crippen LogP contribution in [-0.2, 0) is 23.8 Å². The van der Waals surface area contributed by atoms with Gasteiger partial charge in [0.2, 0.25) is 0 Å². The zero-order valence-electron chi connectivity index (χ0n) is 24.7. The van der Waals surface area contributed by atoms with E-state index in [4.69, 9.17) is 14.2 Å². The van der Waals surface area contributed by atoms with Crippen molar-refractivity contribution in [3.8, 4) is 0 Å². The first-order valence-electron chi connectivity index (χ1n) is 13.1. The van der Waals surface area contributed by atoms with Crippen LogP contribution in [0.15, 0.2) is 24.3 Å². The van der Waals surface area contributed by atoms with E-state index in [-0.39, 0.29) is 12.3 Å². The molecule has 2 unspecified atom stereocenters. The van der Waals surface area contributed by atoms with Crippen molar-refractivity contribution < 1.29 is 33.4 Å². The molecule has 9 heteroatoms. The van der Waals surface area contributed by atoms with Crippen LogP contribution in [0.2, 0.25) is 0 Å². The fraction of sp³-hybridized carbons (Fsp3) is 0.655. The minimum absolute atomic E-state index is 0.0467. The lowest BCUT2D eigenvalue weighted by atomic mass is 9.94. The second-order valence-electron chi connectivity index (χ2n) is 12.5. The molecule has 9 nitrogen and oxygen atoms in total. The van der Waals surface area contributed by atoms with Crippen LogP contribution in [0, 0.1) is 12.8 Å². The van der Waals surface area contributed by atoms with Gasteiger partial charge in [-0.05, 0) is 101 Å². The molecule has 0 saturated carbocycles. The fourth-order valence-corrected chi connectivity index (χ4v) is 3.48. The summed E-state index contributed by atoms with van der Waals surface area (Å²) in [5.41, 5.74) is -0.780. The van der Waals surface area contributed by atoms with Gasteiger partial charge in [-0.3, -0.25) is 9.59 Å². The lowest BCUT2D eigenvalue weighted by Crippen LogP contribution is -2.47. The zero-order valence-corrected chi connectivity index (χ0v) is 24.7. The third-order valence-corrected chi connectivity index (χ3v) is 4.94. The molecule has 0 aliphatic heterocycles. The number of ether oxygens (including phenoxy) is 3. The van der Waals surface area contributed by atoms with Gasteiger partial charge in [-0.15, -0.1) is 0 Å². The summed E-state index contributed by atoms with van der Waals surface area (Å²) in [5.74, 6) is -2.12. The van der Waals surface area contributed by atoms with Gasteiger partial charge in [0, 0.05) is 12.1 Å². The number of amides is 2. The molecule has 0 spiro atoms. The quantitative estimate of drug-likeness (QED) is 0.244. The number of carbonyl (C=O) groups excluding carboxylic acids is 4. The number of nitrogens with one attached hydrogen (secondary N) is 2. The molecule has 2 amide bonds. The molecule has 2 atom stereocenters. The Morgan fingerprint density at radius 1 is 0.816 bits per heavy atom. The fourth-order valence-electron chi connectivity index (χ4n) is 3.48. The van der Waals surface area contributed by atoms with Crippen molar-refractivity contribution >= 4 is 23.9 Å². The summed E-state index contributed by atoms with van der Waals surface area (Å²) in [6, 6.07) is 6.13. The average molecular weight is 535 g/mol. The highest BCUT2D eigenvalue weighted by Crippen LogP contribution is 2.22. The third kappa shape index (κ3) is 14.0. The number of benzene rings is 1. The maximum Gasteiger partial charge on any atom is 0.408 e. The van der Waals surface area contributed by atoms with Gasteiger partial charge in [0.1, 0.15) is 22.8 Å². The Bertz CT molecular complexity index is 968. The summed E-state index contributed by atoms with van der Waals surface area (Å²) in [6.07, 6.45) is -0.0657. The molecular weight excluding hydrogens is 488 g/mol. The van der Waals surface area contributed by atoms with Gasteiger partial charge in [0.05, 0.1) is 5.92 Å². The van der Waals surface area contributed by atoms with Crippen LogP contribution in [0.25, 0.3) is 0 Å². The first-order valence-corrected chi connectivity index (χ1v) is 13.1. The molecule has 0 bridgehead atoms. The normalized spacial score (nSPS) is 13.6. The van der Waals surface area contributed by atoms with E-state index >= 15 is 0 Å². The maximum absolute atomic E-state index is 13.1. The second kappa shape index (κ2) is 13.6. The van der Waals surface area contributed by atoms with Crippen LogP contribution in [0.3, 0.4) is 0 Å². The Labute approximate surface area is 227 Å². The van der Waals surface area contributed by atoms with Gasteiger partial charge in [-0.1, -0.05) is 17.7 Å². The number of esters is 2. The monoisotopic (exact) mass is 534 g/mol. The standard InChI is InChI=1S/C29H46N2O7/c1-19-13-11-14-20(17-19)23(32)30-16-12-15-21(24(33)36-27(2,3)4)18-22(25(34)37-28(5,6)7)31-26(35)38-29(8,9)10/h11,13-14,17,21-22H,12,15-16,18H2,1-10H3,(H,30,32)(H,31,35). The van der Waals surface area contributed by atoms with Gasteiger partial charge in [-0.2, -0.15) is 0 Å². The molecule has 0 aliphatic rings. The molecular formula is C29H46N2O7. The first-order chi connectivity index (χ1) is 17.3. The van der Waals surface area contributed by atoms with Crippen molar-refractivity contribution in [3.05, 3.63) is 35.4 Å². The molecule has 0 heterocycles. The predicted molar refractivity (Wildman–Crippen MR) is 146 cm³/mol. The van der Waals surface area contributed by atoms with Gasteiger partial charge in [-0.25, -0.2) is 9.59 Å². The van der Waals surface area contributed by atoms with Gasteiger partial charge < -0.3 is 24.8 Å². The van der Waals surface area contributed by atoms with Crippen molar-refractivity contribution in [1.82, 2.24) is 10.6 Å². The van der Waals surface area contributed by atoms with E-state index in [1.165, 1.54) is 0 Å². The predicted octanol–water partition coefficient (Wildman–Crippen LogP) is 5.09. The summed E-state index contributed by atoms with van der Waals surface area (Å²) in [7, 11) is 0. The van der Waals surface area contributed by atoms with Gasteiger partial charge in [0.25, 0.3) is 5.91 Å². The summed E-state index contributed by atoms with van der Waals surface area (Å²) in [6.45, 7) is 17.8. The number of hydrogen-bond acceptors (Lipinski definition) is 7. The van der Waals surface area contributed by atoms with Crippen LogP contribution in [0.1, 0.15) is 97.5 Å². The Morgan fingerprint density at radius 3 is 1.89 bits per heavy atom. The Hall–Kier alpha value is -3.10. The van der Waals surface area contributed by atoms with E-state index in [1.54, 1.807) is 74.4 Å². The molecule has 1 aromatic rings. The van der Waals surface area contributed by atoms with E-state index in [2.05, 4.69) is 10.6 Å². The van der Waals surface area contributed by atoms with E-state index in [1.807, 2.05) is 19.1 Å². The largest absolute Gasteiger partial charge is 0.460 e. The highest BCUT2D eigenvalue weighted by atomic mass is 16.6. The highest BCUT2D eigenvalue weighted by molar-refractivity contribution is 5.94. The SMILES string of the molecule is Cc1cccc(C(=O)NCCCC(CC(NC(=O)OC(C)(C)C)C(=O)OC(C)(C)C)C(=O)OC(C)(C)C)c1. The molecule has 0 radical (unpaired) electrons. The molecule has 38 heavy (non-hydrogen) atoms. The van der Waals surface area contributed by atoms with Crippen LogP contribution in [-0.4, -0.2) is 53.3 Å². The van der Waals surface area contributed by atoms with E-state index in [0.29, 0.717) is 24.9 Å². The van der Waals surface area contributed by atoms with Crippen molar-refractivity contribution in [2.45, 2.75) is 111 Å². The van der Waals surface area contributed by atoms with Crippen LogP contribution >= 0.6 is 0 Å². The maximum atomic E-state index is 13.1. The molecule has 0 aliphatic carbocycles. The third-order valence-electron chi connectivity index (χ3n) is 4.94. The van der Waals surface area contributed by atoms with E-state index < -0.39 is 46.8 Å². The number of rotatable bonds is 10. The van der Waals surface area contributed by atoms with Crippen molar-refractivity contribution in [1.29, 1.82) is 0 Å². The molecule has 214 valence electrons. The van der Waals surface area contributed by atoms with Crippen LogP contribution < -0.4 is 10.6 Å².